The number of hydrogen-bond donors (Lipinski definition) is 2. The summed E-state index contributed by atoms with van der Waals surface area (Å²) in [6.45, 7) is -1.53. The molecule has 0 aromatic heterocycles. The Morgan fingerprint density at radius 3 is 3.00 bits per heavy atom. The Morgan fingerprint density at radius 2 is 2.33 bits per heavy atom. The van der Waals surface area contributed by atoms with Crippen LogP contribution in [0.15, 0.2) is 23.3 Å². The number of nitrogens with one attached hydrogen (secondary N) is 2. The Bertz CT molecular complexity index is 581. The second kappa shape index (κ2) is 9.33. The van der Waals surface area contributed by atoms with Crippen molar-refractivity contribution < 1.29 is 23.0 Å². The zero-order chi connectivity index (χ0) is 17.4. The van der Waals surface area contributed by atoms with Gasteiger partial charge in [0.25, 0.3) is 0 Å². The molecule has 2 N–H and O–H groups in total. The van der Waals surface area contributed by atoms with E-state index >= 15 is 0 Å². The van der Waals surface area contributed by atoms with Crippen LogP contribution < -0.4 is 20.2 Å². The van der Waals surface area contributed by atoms with E-state index in [2.05, 4.69) is 20.6 Å². The highest BCUT2D eigenvalue weighted by Crippen LogP contribution is 2.28. The van der Waals surface area contributed by atoms with Gasteiger partial charge >= 0.3 is 6.61 Å². The van der Waals surface area contributed by atoms with Crippen LogP contribution in [-0.4, -0.2) is 44.3 Å². The van der Waals surface area contributed by atoms with E-state index in [0.717, 1.165) is 19.4 Å². The molecule has 0 aliphatic carbocycles. The van der Waals surface area contributed by atoms with Gasteiger partial charge in [-0.15, -0.1) is 0 Å². The van der Waals surface area contributed by atoms with Crippen molar-refractivity contribution in [3.05, 3.63) is 23.8 Å². The fourth-order valence-corrected chi connectivity index (χ4v) is 2.31. The zero-order valence-electron chi connectivity index (χ0n) is 13.1. The molecule has 1 aliphatic rings. The van der Waals surface area contributed by atoms with E-state index in [1.807, 2.05) is 0 Å². The molecule has 2 rings (SSSR count). The first-order valence-electron chi connectivity index (χ1n) is 7.40. The van der Waals surface area contributed by atoms with Crippen LogP contribution in [0.3, 0.4) is 0 Å². The molecule has 1 fully saturated rings. The van der Waals surface area contributed by atoms with Crippen LogP contribution >= 0.6 is 12.2 Å². The molecule has 1 heterocycles. The summed E-state index contributed by atoms with van der Waals surface area (Å²) in [7, 11) is 1.38. The van der Waals surface area contributed by atoms with Crippen molar-refractivity contribution >= 4 is 23.5 Å². The number of nitrogens with zero attached hydrogens (tertiary/aromatic N) is 1. The lowest BCUT2D eigenvalue weighted by molar-refractivity contribution is -0.0512. The summed E-state index contributed by atoms with van der Waals surface area (Å²) in [5.41, 5.74) is 3.21. The Hall–Kier alpha value is -2.00. The Kier molecular flexibility index (Phi) is 7.13. The third-order valence-corrected chi connectivity index (χ3v) is 3.53. The van der Waals surface area contributed by atoms with E-state index in [1.165, 1.54) is 25.5 Å². The molecule has 0 radical (unpaired) electrons. The standard InChI is InChI=1S/C15H19F2N3O3S/c1-21-12-5-4-10(7-13(12)23-14(16)17)8-19-20-15(24)18-9-11-3-2-6-22-11/h4-5,7-8,11,14H,2-3,6,9H2,1H3,(H2,18,20,24)/b19-8-/t11-/m1/s1. The van der Waals surface area contributed by atoms with Crippen LogP contribution in [-0.2, 0) is 4.74 Å². The maximum absolute atomic E-state index is 12.4. The molecule has 24 heavy (non-hydrogen) atoms. The molecular weight excluding hydrogens is 340 g/mol. The molecule has 0 amide bonds. The van der Waals surface area contributed by atoms with Crippen molar-refractivity contribution in [3.63, 3.8) is 0 Å². The van der Waals surface area contributed by atoms with E-state index in [9.17, 15) is 8.78 Å². The molecule has 0 spiro atoms. The third kappa shape index (κ3) is 5.89. The highest BCUT2D eigenvalue weighted by molar-refractivity contribution is 7.80. The Labute approximate surface area is 144 Å². The normalized spacial score (nSPS) is 17.2. The van der Waals surface area contributed by atoms with Crippen molar-refractivity contribution in [1.29, 1.82) is 0 Å². The van der Waals surface area contributed by atoms with E-state index in [1.54, 1.807) is 6.07 Å². The minimum absolute atomic E-state index is 0.0597. The summed E-state index contributed by atoms with van der Waals surface area (Å²) < 4.78 is 39.6. The Balaban J connectivity index is 1.85. The molecule has 1 aromatic rings. The lowest BCUT2D eigenvalue weighted by Gasteiger charge is -2.12. The van der Waals surface area contributed by atoms with Crippen molar-refractivity contribution in [2.75, 3.05) is 20.3 Å². The van der Waals surface area contributed by atoms with Crippen molar-refractivity contribution in [3.8, 4) is 11.5 Å². The number of methoxy groups -OCH3 is 1. The van der Waals surface area contributed by atoms with Gasteiger partial charge in [0.1, 0.15) is 0 Å². The van der Waals surface area contributed by atoms with E-state index in [-0.39, 0.29) is 17.6 Å². The van der Waals surface area contributed by atoms with E-state index in [4.69, 9.17) is 21.7 Å². The second-order valence-electron chi connectivity index (χ2n) is 5.00. The summed E-state index contributed by atoms with van der Waals surface area (Å²) >= 11 is 5.09. The predicted octanol–water partition coefficient (Wildman–Crippen LogP) is 2.27. The summed E-state index contributed by atoms with van der Waals surface area (Å²) in [6.07, 6.45) is 3.69. The number of thiocarbonyl (C=S) groups is 1. The number of alkyl halides is 2. The molecule has 1 saturated heterocycles. The second-order valence-corrected chi connectivity index (χ2v) is 5.41. The van der Waals surface area contributed by atoms with Gasteiger partial charge in [0.05, 0.1) is 19.4 Å². The first-order chi connectivity index (χ1) is 11.6. The number of hydrogen-bond acceptors (Lipinski definition) is 5. The van der Waals surface area contributed by atoms with Gasteiger partial charge in [-0.25, -0.2) is 0 Å². The number of halogens is 2. The maximum Gasteiger partial charge on any atom is 0.387 e. The number of rotatable bonds is 7. The summed E-state index contributed by atoms with van der Waals surface area (Å²) in [5, 5.41) is 7.32. The van der Waals surface area contributed by atoms with Gasteiger partial charge in [0.15, 0.2) is 16.6 Å². The molecule has 0 bridgehead atoms. The molecule has 9 heteroatoms. The lowest BCUT2D eigenvalue weighted by Crippen LogP contribution is -2.37. The number of benzene rings is 1. The van der Waals surface area contributed by atoms with Crippen LogP contribution in [0.4, 0.5) is 8.78 Å². The summed E-state index contributed by atoms with van der Waals surface area (Å²) in [4.78, 5) is 0. The van der Waals surface area contributed by atoms with Gasteiger partial charge in [0.2, 0.25) is 0 Å². The molecule has 1 atom stereocenters. The van der Waals surface area contributed by atoms with Crippen LogP contribution in [0, 0.1) is 0 Å². The fraction of sp³-hybridized carbons (Fsp3) is 0.467. The molecule has 132 valence electrons. The summed E-state index contributed by atoms with van der Waals surface area (Å²) in [6, 6.07) is 4.58. The van der Waals surface area contributed by atoms with Gasteiger partial charge in [-0.3, -0.25) is 5.43 Å². The van der Waals surface area contributed by atoms with Gasteiger partial charge < -0.3 is 19.5 Å². The maximum atomic E-state index is 12.4. The van der Waals surface area contributed by atoms with Crippen LogP contribution in [0.1, 0.15) is 18.4 Å². The van der Waals surface area contributed by atoms with E-state index in [0.29, 0.717) is 17.2 Å². The average molecular weight is 359 g/mol. The van der Waals surface area contributed by atoms with Crippen molar-refractivity contribution in [1.82, 2.24) is 10.7 Å². The van der Waals surface area contributed by atoms with Crippen molar-refractivity contribution in [2.45, 2.75) is 25.6 Å². The smallest absolute Gasteiger partial charge is 0.387 e. The average Bonchev–Trinajstić information content (AvgIpc) is 3.06. The van der Waals surface area contributed by atoms with Gasteiger partial charge in [-0.1, -0.05) is 0 Å². The minimum atomic E-state index is -2.93. The fourth-order valence-electron chi connectivity index (χ4n) is 2.18. The van der Waals surface area contributed by atoms with Gasteiger partial charge in [-0.2, -0.15) is 13.9 Å². The molecule has 6 nitrogen and oxygen atoms in total. The molecular formula is C15H19F2N3O3S. The topological polar surface area (TPSA) is 64.1 Å². The molecule has 1 aromatic carbocycles. The lowest BCUT2D eigenvalue weighted by atomic mass is 10.2. The Morgan fingerprint density at radius 1 is 1.50 bits per heavy atom. The van der Waals surface area contributed by atoms with Crippen LogP contribution in [0.2, 0.25) is 0 Å². The largest absolute Gasteiger partial charge is 0.493 e. The molecule has 0 saturated carbocycles. The third-order valence-electron chi connectivity index (χ3n) is 3.30. The minimum Gasteiger partial charge on any atom is -0.493 e. The number of hydrazone groups is 1. The molecule has 0 unspecified atom stereocenters. The first kappa shape index (κ1) is 18.3. The van der Waals surface area contributed by atoms with Crippen LogP contribution in [0.5, 0.6) is 11.5 Å². The highest BCUT2D eigenvalue weighted by Gasteiger charge is 2.15. The first-order valence-corrected chi connectivity index (χ1v) is 7.80. The summed E-state index contributed by atoms with van der Waals surface area (Å²) in [5.74, 6) is 0.157. The van der Waals surface area contributed by atoms with Crippen molar-refractivity contribution in [2.24, 2.45) is 5.10 Å². The predicted molar refractivity (Wildman–Crippen MR) is 89.9 cm³/mol. The molecule has 1 aliphatic heterocycles. The van der Waals surface area contributed by atoms with Gasteiger partial charge in [0, 0.05) is 13.2 Å². The van der Waals surface area contributed by atoms with Crippen LogP contribution in [0.25, 0.3) is 0 Å². The van der Waals surface area contributed by atoms with E-state index < -0.39 is 6.61 Å². The monoisotopic (exact) mass is 359 g/mol. The van der Waals surface area contributed by atoms with Gasteiger partial charge in [-0.05, 0) is 48.8 Å². The number of ether oxygens (including phenoxy) is 3. The SMILES string of the molecule is COc1ccc(/C=N\NC(=S)NC[C@H]2CCCO2)cc1OC(F)F. The quantitative estimate of drug-likeness (QED) is 0.442. The zero-order valence-corrected chi connectivity index (χ0v) is 13.9. The highest BCUT2D eigenvalue weighted by atomic mass is 32.1.